The first-order valence-corrected chi connectivity index (χ1v) is 14.3. The molecule has 0 aliphatic carbocycles. The second-order valence-electron chi connectivity index (χ2n) is 10.4. The summed E-state index contributed by atoms with van der Waals surface area (Å²) in [6.07, 6.45) is 3.05. The van der Waals surface area contributed by atoms with Crippen LogP contribution < -0.4 is 10.1 Å². The van der Waals surface area contributed by atoms with E-state index in [9.17, 15) is 4.79 Å². The van der Waals surface area contributed by atoms with E-state index in [1.807, 2.05) is 56.8 Å². The molecule has 0 bridgehead atoms. The summed E-state index contributed by atoms with van der Waals surface area (Å²) in [4.78, 5) is 21.2. The van der Waals surface area contributed by atoms with Gasteiger partial charge in [0.25, 0.3) is 5.91 Å². The van der Waals surface area contributed by atoms with E-state index in [0.29, 0.717) is 30.4 Å². The third-order valence-corrected chi connectivity index (χ3v) is 8.26. The maximum Gasteiger partial charge on any atom is 0.268 e. The van der Waals surface area contributed by atoms with Gasteiger partial charge in [0.2, 0.25) is 0 Å². The van der Waals surface area contributed by atoms with E-state index in [0.717, 1.165) is 72.9 Å². The Bertz CT molecular complexity index is 1710. The largest absolute Gasteiger partial charge is 0.494 e. The molecule has 0 aliphatic rings. The van der Waals surface area contributed by atoms with Crippen LogP contribution in [-0.4, -0.2) is 32.3 Å². The highest BCUT2D eigenvalue weighted by Crippen LogP contribution is 2.35. The van der Waals surface area contributed by atoms with Crippen molar-refractivity contribution in [1.82, 2.24) is 25.1 Å². The van der Waals surface area contributed by atoms with Crippen molar-refractivity contribution in [3.63, 3.8) is 0 Å². The molecule has 9 heteroatoms. The standard InChI is InChI=1S/C32H33Cl2N5O2/c1-18-14-23(15-19(2)29(18)34)41-13-7-10-25-24-8-6-9-26(28-20(3)38-39(5)21(28)4)30(24)37-31(25)32(40)36-17-22-11-12-27(33)35-16-22/h6,8-9,11-12,14-16,37H,7,10,13,17H2,1-5H3,(H,36,40). The third kappa shape index (κ3) is 5.97. The minimum Gasteiger partial charge on any atom is -0.494 e. The Balaban J connectivity index is 1.45. The maximum absolute atomic E-state index is 13.6. The van der Waals surface area contributed by atoms with Gasteiger partial charge in [-0.3, -0.25) is 9.48 Å². The fraction of sp³-hybridized carbons (Fsp3) is 0.281. The summed E-state index contributed by atoms with van der Waals surface area (Å²) in [5.74, 6) is 0.615. The van der Waals surface area contributed by atoms with Gasteiger partial charge in [-0.2, -0.15) is 5.10 Å². The predicted molar refractivity (Wildman–Crippen MR) is 165 cm³/mol. The quantitative estimate of drug-likeness (QED) is 0.138. The summed E-state index contributed by atoms with van der Waals surface area (Å²) in [5.41, 5.74) is 9.37. The minimum absolute atomic E-state index is 0.179. The average molecular weight is 591 g/mol. The number of hydrogen-bond acceptors (Lipinski definition) is 4. The molecule has 5 aromatic rings. The van der Waals surface area contributed by atoms with Crippen LogP contribution in [0, 0.1) is 27.7 Å². The van der Waals surface area contributed by atoms with Crippen LogP contribution in [-0.2, 0) is 20.0 Å². The summed E-state index contributed by atoms with van der Waals surface area (Å²) < 4.78 is 7.97. The SMILES string of the molecule is Cc1cc(OCCCc2c(C(=O)NCc3ccc(Cl)nc3)[nH]c3c(-c4c(C)nn(C)c4C)cccc23)cc(C)c1Cl. The zero-order valence-electron chi connectivity index (χ0n) is 23.9. The first-order chi connectivity index (χ1) is 19.6. The molecule has 3 aromatic heterocycles. The molecular formula is C32H33Cl2N5O2. The molecule has 0 saturated heterocycles. The Hall–Kier alpha value is -3.81. The van der Waals surface area contributed by atoms with Gasteiger partial charge >= 0.3 is 0 Å². The zero-order valence-corrected chi connectivity index (χ0v) is 25.4. The number of fused-ring (bicyclic) bond motifs is 1. The van der Waals surface area contributed by atoms with E-state index in [4.69, 9.17) is 27.9 Å². The Morgan fingerprint density at radius 3 is 2.49 bits per heavy atom. The van der Waals surface area contributed by atoms with Gasteiger partial charge in [0, 0.05) is 47.0 Å². The first-order valence-electron chi connectivity index (χ1n) is 13.6. The van der Waals surface area contributed by atoms with E-state index in [1.165, 1.54) is 0 Å². The lowest BCUT2D eigenvalue weighted by Crippen LogP contribution is -2.24. The molecule has 1 amide bonds. The molecule has 5 rings (SSSR count). The fourth-order valence-electron chi connectivity index (χ4n) is 5.31. The number of benzene rings is 2. The Morgan fingerprint density at radius 2 is 1.83 bits per heavy atom. The second-order valence-corrected chi connectivity index (χ2v) is 11.1. The Morgan fingerprint density at radius 1 is 1.07 bits per heavy atom. The molecule has 3 heterocycles. The number of halogens is 2. The molecular weight excluding hydrogens is 557 g/mol. The van der Waals surface area contributed by atoms with Crippen molar-refractivity contribution < 1.29 is 9.53 Å². The zero-order chi connectivity index (χ0) is 29.3. The number of rotatable bonds is 9. The van der Waals surface area contributed by atoms with Gasteiger partial charge in [0.05, 0.1) is 17.8 Å². The Labute approximate surface area is 249 Å². The number of aryl methyl sites for hydroxylation is 5. The van der Waals surface area contributed by atoms with Crippen molar-refractivity contribution in [2.75, 3.05) is 6.61 Å². The van der Waals surface area contributed by atoms with Crippen molar-refractivity contribution in [3.05, 3.63) is 98.2 Å². The number of aromatic amines is 1. The van der Waals surface area contributed by atoms with Crippen LogP contribution >= 0.6 is 23.2 Å². The number of nitrogens with one attached hydrogen (secondary N) is 2. The molecule has 41 heavy (non-hydrogen) atoms. The topological polar surface area (TPSA) is 84.8 Å². The molecule has 0 atom stereocenters. The molecule has 0 radical (unpaired) electrons. The third-order valence-electron chi connectivity index (χ3n) is 7.44. The molecule has 0 saturated carbocycles. The molecule has 2 N–H and O–H groups in total. The average Bonchev–Trinajstić information content (AvgIpc) is 3.44. The molecule has 0 fully saturated rings. The van der Waals surface area contributed by atoms with E-state index < -0.39 is 0 Å². The summed E-state index contributed by atoms with van der Waals surface area (Å²) >= 11 is 12.2. The van der Waals surface area contributed by atoms with Crippen LogP contribution in [0.2, 0.25) is 10.2 Å². The number of para-hydroxylation sites is 1. The van der Waals surface area contributed by atoms with E-state index in [2.05, 4.69) is 39.4 Å². The fourth-order valence-corrected chi connectivity index (χ4v) is 5.53. The minimum atomic E-state index is -0.179. The molecule has 0 unspecified atom stereocenters. The molecule has 212 valence electrons. The van der Waals surface area contributed by atoms with Gasteiger partial charge in [-0.25, -0.2) is 4.98 Å². The van der Waals surface area contributed by atoms with Crippen molar-refractivity contribution in [2.24, 2.45) is 7.05 Å². The highest BCUT2D eigenvalue weighted by Gasteiger charge is 2.22. The molecule has 0 aliphatic heterocycles. The smallest absolute Gasteiger partial charge is 0.268 e. The van der Waals surface area contributed by atoms with Crippen molar-refractivity contribution in [3.8, 4) is 16.9 Å². The van der Waals surface area contributed by atoms with Crippen LogP contribution in [0.5, 0.6) is 5.75 Å². The highest BCUT2D eigenvalue weighted by molar-refractivity contribution is 6.32. The van der Waals surface area contributed by atoms with Gasteiger partial charge in [0.15, 0.2) is 0 Å². The maximum atomic E-state index is 13.6. The monoisotopic (exact) mass is 589 g/mol. The predicted octanol–water partition coefficient (Wildman–Crippen LogP) is 7.45. The van der Waals surface area contributed by atoms with Gasteiger partial charge in [-0.05, 0) is 81.0 Å². The number of nitrogens with zero attached hydrogens (tertiary/aromatic N) is 3. The van der Waals surface area contributed by atoms with Crippen LogP contribution in [0.3, 0.4) is 0 Å². The second kappa shape index (κ2) is 12.0. The van der Waals surface area contributed by atoms with Crippen LogP contribution in [0.15, 0.2) is 48.7 Å². The Kier molecular flexibility index (Phi) is 8.38. The number of pyridine rings is 1. The lowest BCUT2D eigenvalue weighted by Gasteiger charge is -2.11. The lowest BCUT2D eigenvalue weighted by molar-refractivity contribution is 0.0945. The number of aromatic nitrogens is 4. The number of ether oxygens (including phenoxy) is 1. The lowest BCUT2D eigenvalue weighted by atomic mass is 9.98. The van der Waals surface area contributed by atoms with Crippen LogP contribution in [0.4, 0.5) is 0 Å². The highest BCUT2D eigenvalue weighted by atomic mass is 35.5. The number of H-pyrrole nitrogens is 1. The summed E-state index contributed by atoms with van der Waals surface area (Å²) in [6.45, 7) is 8.86. The van der Waals surface area contributed by atoms with Crippen molar-refractivity contribution in [1.29, 1.82) is 0 Å². The summed E-state index contributed by atoms with van der Waals surface area (Å²) in [5, 5.41) is 9.85. The van der Waals surface area contributed by atoms with E-state index in [1.54, 1.807) is 12.3 Å². The van der Waals surface area contributed by atoms with Crippen LogP contribution in [0.1, 0.15) is 50.6 Å². The number of carbonyl (C=O) groups is 1. The molecule has 0 spiro atoms. The first kappa shape index (κ1) is 28.7. The van der Waals surface area contributed by atoms with E-state index in [-0.39, 0.29) is 5.91 Å². The summed E-state index contributed by atoms with van der Waals surface area (Å²) in [6, 6.07) is 13.7. The van der Waals surface area contributed by atoms with E-state index >= 15 is 0 Å². The van der Waals surface area contributed by atoms with Crippen LogP contribution in [0.25, 0.3) is 22.0 Å². The number of carbonyl (C=O) groups excluding carboxylic acids is 1. The van der Waals surface area contributed by atoms with Gasteiger partial charge in [0.1, 0.15) is 16.6 Å². The van der Waals surface area contributed by atoms with Crippen molar-refractivity contribution >= 4 is 40.0 Å². The molecule has 7 nitrogen and oxygen atoms in total. The summed E-state index contributed by atoms with van der Waals surface area (Å²) in [7, 11) is 1.94. The van der Waals surface area contributed by atoms with Gasteiger partial charge < -0.3 is 15.0 Å². The molecule has 2 aromatic carbocycles. The number of hydrogen-bond donors (Lipinski definition) is 2. The van der Waals surface area contributed by atoms with Gasteiger partial charge in [-0.15, -0.1) is 0 Å². The van der Waals surface area contributed by atoms with Gasteiger partial charge in [-0.1, -0.05) is 47.5 Å². The normalized spacial score (nSPS) is 11.3. The van der Waals surface area contributed by atoms with Crippen molar-refractivity contribution in [2.45, 2.75) is 47.1 Å². The number of amides is 1.